The van der Waals surface area contributed by atoms with Gasteiger partial charge in [0.2, 0.25) is 0 Å². The molecule has 2 aromatic rings. The van der Waals surface area contributed by atoms with E-state index in [9.17, 15) is 14.4 Å². The summed E-state index contributed by atoms with van der Waals surface area (Å²) in [7, 11) is 0. The minimum atomic E-state index is -0.673. The third-order valence-corrected chi connectivity index (χ3v) is 5.17. The smallest absolute Gasteiger partial charge is 0.320 e. The number of anilines is 1. The molecule has 0 aliphatic heterocycles. The van der Waals surface area contributed by atoms with E-state index < -0.39 is 5.92 Å². The number of nitrogens with zero attached hydrogens (tertiary/aromatic N) is 1. The number of halogens is 1. The summed E-state index contributed by atoms with van der Waals surface area (Å²) in [5.41, 5.74) is 3.94. The fourth-order valence-electron chi connectivity index (χ4n) is 4.01. The molecule has 2 amide bonds. The van der Waals surface area contributed by atoms with E-state index >= 15 is 0 Å². The zero-order chi connectivity index (χ0) is 20.3. The van der Waals surface area contributed by atoms with Crippen molar-refractivity contribution in [2.45, 2.75) is 39.5 Å². The summed E-state index contributed by atoms with van der Waals surface area (Å²) in [4.78, 5) is 41.5. The van der Waals surface area contributed by atoms with Crippen molar-refractivity contribution in [3.05, 3.63) is 58.8 Å². The third kappa shape index (κ3) is 5.21. The molecule has 154 valence electrons. The number of benzene rings is 1. The zero-order valence-corrected chi connectivity index (χ0v) is 17.6. The molecule has 1 fully saturated rings. The fraction of sp³-hybridized carbons (Fsp3) is 0.364. The van der Waals surface area contributed by atoms with Gasteiger partial charge in [0.25, 0.3) is 0 Å². The summed E-state index contributed by atoms with van der Waals surface area (Å²) in [5, 5.41) is 5.35. The van der Waals surface area contributed by atoms with Gasteiger partial charge in [0.1, 0.15) is 17.5 Å². The number of nitrogens with one attached hydrogen (secondary N) is 2. The molecule has 3 rings (SSSR count). The molecule has 1 aliphatic rings. The molecule has 0 radical (unpaired) electrons. The van der Waals surface area contributed by atoms with Crippen LogP contribution >= 0.6 is 12.4 Å². The zero-order valence-electron chi connectivity index (χ0n) is 16.8. The van der Waals surface area contributed by atoms with Crippen LogP contribution in [0.5, 0.6) is 0 Å². The van der Waals surface area contributed by atoms with Crippen LogP contribution in [-0.2, 0) is 9.59 Å². The van der Waals surface area contributed by atoms with E-state index in [0.717, 1.165) is 22.3 Å². The van der Waals surface area contributed by atoms with Crippen LogP contribution in [0.1, 0.15) is 41.0 Å². The molecule has 6 nitrogen and oxygen atoms in total. The van der Waals surface area contributed by atoms with Crippen molar-refractivity contribution in [2.24, 2.45) is 5.92 Å². The highest BCUT2D eigenvalue weighted by Gasteiger charge is 2.42. The summed E-state index contributed by atoms with van der Waals surface area (Å²) in [6.07, 6.45) is 2.27. The van der Waals surface area contributed by atoms with Crippen LogP contribution in [0.2, 0.25) is 0 Å². The van der Waals surface area contributed by atoms with Crippen molar-refractivity contribution in [2.75, 3.05) is 11.9 Å². The maximum atomic E-state index is 12.9. The van der Waals surface area contributed by atoms with Gasteiger partial charge in [-0.25, -0.2) is 9.78 Å². The lowest BCUT2D eigenvalue weighted by molar-refractivity contribution is -0.124. The lowest BCUT2D eigenvalue weighted by Gasteiger charge is -2.16. The number of ketones is 2. The monoisotopic (exact) mass is 415 g/mol. The van der Waals surface area contributed by atoms with Gasteiger partial charge in [-0.15, -0.1) is 12.4 Å². The lowest BCUT2D eigenvalue weighted by atomic mass is 9.86. The molecule has 2 N–H and O–H groups in total. The fourth-order valence-corrected chi connectivity index (χ4v) is 4.01. The number of hydrogen-bond donors (Lipinski definition) is 2. The van der Waals surface area contributed by atoms with Crippen LogP contribution in [0.15, 0.2) is 36.5 Å². The van der Waals surface area contributed by atoms with Crippen molar-refractivity contribution in [3.63, 3.8) is 0 Å². The molecule has 29 heavy (non-hydrogen) atoms. The maximum Gasteiger partial charge on any atom is 0.320 e. The highest BCUT2D eigenvalue weighted by molar-refractivity contribution is 6.15. The number of hydrogen-bond acceptors (Lipinski definition) is 4. The minimum Gasteiger partial charge on any atom is -0.338 e. The molecule has 1 aromatic heterocycles. The SMILES string of the molecule is Cc1cc(C)c(C2C(=O)CC(CCNC(=O)Nc3ccccn3)C2=O)c(C)c1.Cl. The van der Waals surface area contributed by atoms with E-state index in [1.165, 1.54) is 0 Å². The van der Waals surface area contributed by atoms with Gasteiger partial charge in [-0.1, -0.05) is 23.8 Å². The van der Waals surface area contributed by atoms with E-state index in [1.54, 1.807) is 24.4 Å². The number of urea groups is 1. The van der Waals surface area contributed by atoms with Crippen LogP contribution < -0.4 is 10.6 Å². The predicted octanol–water partition coefficient (Wildman–Crippen LogP) is 3.88. The molecule has 1 saturated carbocycles. The van der Waals surface area contributed by atoms with Crippen LogP contribution in [0.3, 0.4) is 0 Å². The number of carbonyl (C=O) groups excluding carboxylic acids is 3. The van der Waals surface area contributed by atoms with Gasteiger partial charge in [-0.05, 0) is 56.0 Å². The summed E-state index contributed by atoms with van der Waals surface area (Å²) < 4.78 is 0. The average molecular weight is 416 g/mol. The standard InChI is InChI=1S/C22H25N3O3.ClH/c1-13-10-14(2)19(15(3)11-13)20-17(26)12-16(21(20)27)7-9-24-22(28)25-18-6-4-5-8-23-18;/h4-6,8,10-11,16,20H,7,9,12H2,1-3H3,(H2,23,24,25,28);1H. The first-order valence-corrected chi connectivity index (χ1v) is 9.47. The highest BCUT2D eigenvalue weighted by atomic mass is 35.5. The molecule has 0 bridgehead atoms. The molecule has 7 heteroatoms. The Morgan fingerprint density at radius 2 is 1.83 bits per heavy atom. The third-order valence-electron chi connectivity index (χ3n) is 5.17. The molecule has 0 saturated heterocycles. The van der Waals surface area contributed by atoms with E-state index in [4.69, 9.17) is 0 Å². The first-order valence-electron chi connectivity index (χ1n) is 9.47. The number of carbonyl (C=O) groups is 3. The maximum absolute atomic E-state index is 12.9. The quantitative estimate of drug-likeness (QED) is 0.725. The molecule has 2 atom stereocenters. The molecule has 1 aliphatic carbocycles. The number of aromatic nitrogens is 1. The molecule has 0 spiro atoms. The van der Waals surface area contributed by atoms with E-state index in [0.29, 0.717) is 18.8 Å². The van der Waals surface area contributed by atoms with Crippen molar-refractivity contribution < 1.29 is 14.4 Å². The van der Waals surface area contributed by atoms with E-state index in [1.807, 2.05) is 32.9 Å². The largest absolute Gasteiger partial charge is 0.338 e. The van der Waals surface area contributed by atoms with Gasteiger partial charge in [0.05, 0.1) is 0 Å². The number of pyridine rings is 1. The Balaban J connectivity index is 0.00000300. The normalized spacial score (nSPS) is 18.3. The Kier molecular flexibility index (Phi) is 7.51. The van der Waals surface area contributed by atoms with Crippen molar-refractivity contribution in [3.8, 4) is 0 Å². The predicted molar refractivity (Wildman–Crippen MR) is 115 cm³/mol. The van der Waals surface area contributed by atoms with Crippen LogP contribution in [0, 0.1) is 26.7 Å². The Bertz CT molecular complexity index is 892. The Morgan fingerprint density at radius 3 is 2.45 bits per heavy atom. The average Bonchev–Trinajstić information content (AvgIpc) is 2.90. The second-order valence-corrected chi connectivity index (χ2v) is 7.40. The van der Waals surface area contributed by atoms with Gasteiger partial charge < -0.3 is 5.32 Å². The summed E-state index contributed by atoms with van der Waals surface area (Å²) >= 11 is 0. The van der Waals surface area contributed by atoms with Crippen molar-refractivity contribution in [1.82, 2.24) is 10.3 Å². The number of aryl methyl sites for hydroxylation is 3. The molecule has 2 unspecified atom stereocenters. The molecular weight excluding hydrogens is 390 g/mol. The van der Waals surface area contributed by atoms with Gasteiger partial charge in [0, 0.05) is 25.1 Å². The van der Waals surface area contributed by atoms with Gasteiger partial charge >= 0.3 is 6.03 Å². The van der Waals surface area contributed by atoms with Crippen molar-refractivity contribution in [1.29, 1.82) is 0 Å². The topological polar surface area (TPSA) is 88.2 Å². The summed E-state index contributed by atoms with van der Waals surface area (Å²) in [6, 6.07) is 8.88. The van der Waals surface area contributed by atoms with Gasteiger partial charge in [0.15, 0.2) is 5.78 Å². The van der Waals surface area contributed by atoms with Gasteiger partial charge in [-0.3, -0.25) is 14.9 Å². The van der Waals surface area contributed by atoms with Gasteiger partial charge in [-0.2, -0.15) is 0 Å². The minimum absolute atomic E-state index is 0. The summed E-state index contributed by atoms with van der Waals surface area (Å²) in [6.45, 7) is 6.23. The molecular formula is C22H26ClN3O3. The number of amides is 2. The van der Waals surface area contributed by atoms with Crippen LogP contribution in [0.4, 0.5) is 10.6 Å². The first-order chi connectivity index (χ1) is 13.4. The second kappa shape index (κ2) is 9.65. The Labute approximate surface area is 176 Å². The lowest BCUT2D eigenvalue weighted by Crippen LogP contribution is -2.31. The van der Waals surface area contributed by atoms with E-state index in [-0.39, 0.29) is 42.3 Å². The Morgan fingerprint density at radius 1 is 1.14 bits per heavy atom. The van der Waals surface area contributed by atoms with Crippen LogP contribution in [-0.4, -0.2) is 29.1 Å². The van der Waals surface area contributed by atoms with Crippen molar-refractivity contribution >= 4 is 35.8 Å². The summed E-state index contributed by atoms with van der Waals surface area (Å²) in [5.74, 6) is -0.631. The second-order valence-electron chi connectivity index (χ2n) is 7.40. The number of Topliss-reactive ketones (excluding diaryl/α,β-unsaturated/α-hetero) is 2. The highest BCUT2D eigenvalue weighted by Crippen LogP contribution is 2.37. The van der Waals surface area contributed by atoms with Crippen LogP contribution in [0.25, 0.3) is 0 Å². The molecule has 1 heterocycles. The number of rotatable bonds is 5. The first kappa shape index (κ1) is 22.6. The molecule has 1 aromatic carbocycles. The Hall–Kier alpha value is -2.73. The van der Waals surface area contributed by atoms with E-state index in [2.05, 4.69) is 15.6 Å².